The fraction of sp³-hybridized carbons (Fsp3) is 0.650. The Morgan fingerprint density at radius 1 is 1.43 bits per heavy atom. The van der Waals surface area contributed by atoms with Crippen LogP contribution in [0.2, 0.25) is 0 Å². The van der Waals surface area contributed by atoms with Crippen molar-refractivity contribution in [3.05, 3.63) is 30.1 Å². The van der Waals surface area contributed by atoms with Gasteiger partial charge in [-0.2, -0.15) is 0 Å². The quantitative estimate of drug-likeness (QED) is 0.354. The van der Waals surface area contributed by atoms with Crippen molar-refractivity contribution >= 4 is 36.0 Å². The number of aliphatic imine (C=N–C) groups is 1. The SMILES string of the molecule is CC(C)(C)OC(=O)N1CCCC(CCN=C(N)NCCc2ccccn2)C1.I. The number of piperidine rings is 1. The second-order valence-corrected chi connectivity index (χ2v) is 7.99. The van der Waals surface area contributed by atoms with Crippen LogP contribution < -0.4 is 11.1 Å². The third-order valence-corrected chi connectivity index (χ3v) is 4.40. The Morgan fingerprint density at radius 3 is 2.89 bits per heavy atom. The van der Waals surface area contributed by atoms with Crippen molar-refractivity contribution in [2.75, 3.05) is 26.2 Å². The van der Waals surface area contributed by atoms with Gasteiger partial charge in [0.2, 0.25) is 0 Å². The summed E-state index contributed by atoms with van der Waals surface area (Å²) in [5.74, 6) is 0.905. The van der Waals surface area contributed by atoms with Gasteiger partial charge in [0.25, 0.3) is 0 Å². The van der Waals surface area contributed by atoms with Gasteiger partial charge in [-0.25, -0.2) is 4.79 Å². The average Bonchev–Trinajstić information content (AvgIpc) is 2.61. The highest BCUT2D eigenvalue weighted by Crippen LogP contribution is 2.21. The summed E-state index contributed by atoms with van der Waals surface area (Å²) in [4.78, 5) is 22.7. The molecule has 0 radical (unpaired) electrons. The Morgan fingerprint density at radius 2 is 2.21 bits per heavy atom. The standard InChI is InChI=1S/C20H33N5O2.HI/c1-20(2,3)27-19(26)25-14-6-7-16(15-25)9-12-23-18(21)24-13-10-17-8-4-5-11-22-17;/h4-5,8,11,16H,6-7,9-10,12-15H2,1-3H3,(H3,21,23,24);1H. The number of nitrogens with one attached hydrogen (secondary N) is 1. The molecule has 1 aliphatic heterocycles. The van der Waals surface area contributed by atoms with E-state index in [2.05, 4.69) is 15.3 Å². The van der Waals surface area contributed by atoms with E-state index >= 15 is 0 Å². The van der Waals surface area contributed by atoms with E-state index < -0.39 is 5.60 Å². The molecule has 3 N–H and O–H groups in total. The molecule has 0 aliphatic carbocycles. The monoisotopic (exact) mass is 503 g/mol. The van der Waals surface area contributed by atoms with Gasteiger partial charge in [-0.3, -0.25) is 9.98 Å². The first-order valence-electron chi connectivity index (χ1n) is 9.75. The normalized spacial score (nSPS) is 17.6. The number of pyridine rings is 1. The molecule has 1 aromatic rings. The van der Waals surface area contributed by atoms with E-state index in [0.29, 0.717) is 25.0 Å². The summed E-state index contributed by atoms with van der Waals surface area (Å²) in [5.41, 5.74) is 6.51. The number of hydrogen-bond acceptors (Lipinski definition) is 4. The molecule has 1 aromatic heterocycles. The lowest BCUT2D eigenvalue weighted by Gasteiger charge is -2.34. The Kier molecular flexibility index (Phi) is 10.6. The van der Waals surface area contributed by atoms with Gasteiger partial charge >= 0.3 is 6.09 Å². The first-order chi connectivity index (χ1) is 12.8. The number of aromatic nitrogens is 1. The van der Waals surface area contributed by atoms with Crippen LogP contribution >= 0.6 is 24.0 Å². The van der Waals surface area contributed by atoms with Crippen molar-refractivity contribution in [3.63, 3.8) is 0 Å². The maximum Gasteiger partial charge on any atom is 0.410 e. The van der Waals surface area contributed by atoms with Crippen molar-refractivity contribution in [3.8, 4) is 0 Å². The molecule has 0 saturated carbocycles. The van der Waals surface area contributed by atoms with Crippen LogP contribution in [0.1, 0.15) is 45.7 Å². The Bertz CT molecular complexity index is 619. The molecule has 1 amide bonds. The number of guanidine groups is 1. The molecular formula is C20H34IN5O2. The summed E-state index contributed by atoms with van der Waals surface area (Å²) in [7, 11) is 0. The predicted molar refractivity (Wildman–Crippen MR) is 123 cm³/mol. The predicted octanol–water partition coefficient (Wildman–Crippen LogP) is 3.18. The number of rotatable bonds is 6. The lowest BCUT2D eigenvalue weighted by Crippen LogP contribution is -2.43. The number of halogens is 1. The fourth-order valence-corrected chi connectivity index (χ4v) is 3.08. The molecule has 1 unspecified atom stereocenters. The molecule has 158 valence electrons. The highest BCUT2D eigenvalue weighted by molar-refractivity contribution is 14.0. The van der Waals surface area contributed by atoms with Crippen LogP contribution in [-0.4, -0.2) is 53.7 Å². The lowest BCUT2D eigenvalue weighted by molar-refractivity contribution is 0.0163. The van der Waals surface area contributed by atoms with Gasteiger partial charge in [0.05, 0.1) is 0 Å². The number of likely N-dealkylation sites (tertiary alicyclic amines) is 1. The number of nitrogens with two attached hydrogens (primary N) is 1. The second-order valence-electron chi connectivity index (χ2n) is 7.99. The maximum absolute atomic E-state index is 12.2. The minimum Gasteiger partial charge on any atom is -0.444 e. The van der Waals surface area contributed by atoms with Gasteiger partial charge in [0.15, 0.2) is 5.96 Å². The van der Waals surface area contributed by atoms with Gasteiger partial charge in [0, 0.05) is 44.5 Å². The highest BCUT2D eigenvalue weighted by atomic mass is 127. The second kappa shape index (κ2) is 12.1. The molecule has 0 bridgehead atoms. The van der Waals surface area contributed by atoms with Gasteiger partial charge in [0.1, 0.15) is 5.60 Å². The van der Waals surface area contributed by atoms with E-state index in [1.807, 2.05) is 43.9 Å². The molecule has 2 rings (SSSR count). The maximum atomic E-state index is 12.2. The number of hydrogen-bond donors (Lipinski definition) is 2. The number of carbonyl (C=O) groups is 1. The molecule has 8 heteroatoms. The minimum atomic E-state index is -0.455. The van der Waals surface area contributed by atoms with Crippen LogP contribution in [0.4, 0.5) is 4.79 Å². The van der Waals surface area contributed by atoms with E-state index in [1.54, 1.807) is 6.20 Å². The van der Waals surface area contributed by atoms with Gasteiger partial charge in [-0.15, -0.1) is 24.0 Å². The largest absolute Gasteiger partial charge is 0.444 e. The summed E-state index contributed by atoms with van der Waals surface area (Å²) < 4.78 is 5.47. The number of nitrogens with zero attached hydrogens (tertiary/aromatic N) is 3. The number of ether oxygens (including phenoxy) is 1. The molecule has 2 heterocycles. The van der Waals surface area contributed by atoms with Gasteiger partial charge < -0.3 is 20.7 Å². The van der Waals surface area contributed by atoms with Crippen LogP contribution in [0, 0.1) is 5.92 Å². The molecule has 1 saturated heterocycles. The van der Waals surface area contributed by atoms with Crippen LogP contribution in [0.5, 0.6) is 0 Å². The van der Waals surface area contributed by atoms with E-state index in [4.69, 9.17) is 10.5 Å². The van der Waals surface area contributed by atoms with Crippen LogP contribution in [0.15, 0.2) is 29.4 Å². The van der Waals surface area contributed by atoms with Crippen LogP contribution in [0.25, 0.3) is 0 Å². The molecule has 7 nitrogen and oxygen atoms in total. The summed E-state index contributed by atoms with van der Waals surface area (Å²) in [6, 6.07) is 5.88. The molecule has 1 aliphatic rings. The zero-order chi connectivity index (χ0) is 19.7. The minimum absolute atomic E-state index is 0. The van der Waals surface area contributed by atoms with Gasteiger partial charge in [-0.1, -0.05) is 6.07 Å². The first kappa shape index (κ1) is 24.5. The first-order valence-corrected chi connectivity index (χ1v) is 9.75. The number of amides is 1. The van der Waals surface area contributed by atoms with Crippen LogP contribution in [-0.2, 0) is 11.2 Å². The summed E-state index contributed by atoms with van der Waals surface area (Å²) in [6.07, 6.45) is 5.42. The Hall–Kier alpha value is -1.58. The molecule has 0 spiro atoms. The van der Waals surface area contributed by atoms with Crippen molar-refractivity contribution in [2.24, 2.45) is 16.6 Å². The van der Waals surface area contributed by atoms with Crippen molar-refractivity contribution in [1.29, 1.82) is 0 Å². The smallest absolute Gasteiger partial charge is 0.410 e. The van der Waals surface area contributed by atoms with Gasteiger partial charge in [-0.05, 0) is 58.1 Å². The Labute approximate surface area is 185 Å². The van der Waals surface area contributed by atoms with E-state index in [-0.39, 0.29) is 30.1 Å². The summed E-state index contributed by atoms with van der Waals surface area (Å²) in [6.45, 7) is 8.56. The summed E-state index contributed by atoms with van der Waals surface area (Å²) in [5, 5.41) is 3.12. The summed E-state index contributed by atoms with van der Waals surface area (Å²) >= 11 is 0. The van der Waals surface area contributed by atoms with Crippen LogP contribution in [0.3, 0.4) is 0 Å². The van der Waals surface area contributed by atoms with Crippen molar-refractivity contribution in [1.82, 2.24) is 15.2 Å². The highest BCUT2D eigenvalue weighted by Gasteiger charge is 2.27. The number of carbonyl (C=O) groups excluding carboxylic acids is 1. The molecular weight excluding hydrogens is 469 g/mol. The average molecular weight is 503 g/mol. The van der Waals surface area contributed by atoms with E-state index in [9.17, 15) is 4.79 Å². The van der Waals surface area contributed by atoms with E-state index in [0.717, 1.165) is 44.5 Å². The van der Waals surface area contributed by atoms with Crippen molar-refractivity contribution < 1.29 is 9.53 Å². The van der Waals surface area contributed by atoms with Crippen molar-refractivity contribution in [2.45, 2.75) is 52.1 Å². The zero-order valence-corrected chi connectivity index (χ0v) is 19.5. The molecule has 1 fully saturated rings. The molecule has 1 atom stereocenters. The van der Waals surface area contributed by atoms with E-state index in [1.165, 1.54) is 0 Å². The topological polar surface area (TPSA) is 92.8 Å². The third-order valence-electron chi connectivity index (χ3n) is 4.40. The fourth-order valence-electron chi connectivity index (χ4n) is 3.08. The lowest BCUT2D eigenvalue weighted by atomic mass is 9.95. The zero-order valence-electron chi connectivity index (χ0n) is 17.2. The molecule has 0 aromatic carbocycles. The third kappa shape index (κ3) is 9.57. The Balaban J connectivity index is 0.00000392. The molecule has 28 heavy (non-hydrogen) atoms.